The van der Waals surface area contributed by atoms with E-state index in [9.17, 15) is 0 Å². The number of allylic oxidation sites excluding steroid dienone is 1. The van der Waals surface area contributed by atoms with Gasteiger partial charge >= 0.3 is 0 Å². The van der Waals surface area contributed by atoms with Crippen LogP contribution in [0.25, 0.3) is 0 Å². The second-order valence-electron chi connectivity index (χ2n) is 5.10. The Morgan fingerprint density at radius 2 is 2.18 bits per heavy atom. The van der Waals surface area contributed by atoms with Crippen LogP contribution in [0.4, 0.5) is 0 Å². The minimum Gasteiger partial charge on any atom is -0.271 e. The molecule has 0 aliphatic heterocycles. The van der Waals surface area contributed by atoms with Gasteiger partial charge in [0.1, 0.15) is 0 Å². The summed E-state index contributed by atoms with van der Waals surface area (Å²) in [5.74, 6) is 5.66. The van der Waals surface area contributed by atoms with Crippen molar-refractivity contribution < 1.29 is 0 Å². The van der Waals surface area contributed by atoms with Gasteiger partial charge in [-0.05, 0) is 55.7 Å². The normalized spacial score (nSPS) is 15.6. The number of rotatable bonds is 5. The van der Waals surface area contributed by atoms with Gasteiger partial charge in [0.25, 0.3) is 0 Å². The third-order valence-electron chi connectivity index (χ3n) is 3.59. The van der Waals surface area contributed by atoms with E-state index in [0.29, 0.717) is 0 Å². The van der Waals surface area contributed by atoms with Crippen molar-refractivity contribution in [2.75, 3.05) is 0 Å². The van der Waals surface area contributed by atoms with E-state index in [0.717, 1.165) is 12.8 Å². The standard InChI is InChI=1S/C15H22N2/c1-11(2)6-9-15(17-16)14-8-7-12-4-3-5-13(12)10-14/h7-8,10,15,17H,1,3-6,9,16H2,2H3. The summed E-state index contributed by atoms with van der Waals surface area (Å²) in [5, 5.41) is 0. The predicted molar refractivity (Wildman–Crippen MR) is 72.6 cm³/mol. The minimum atomic E-state index is 0.248. The molecule has 1 unspecified atom stereocenters. The number of hydrazine groups is 1. The first-order valence-electron chi connectivity index (χ1n) is 6.43. The zero-order valence-electron chi connectivity index (χ0n) is 10.6. The maximum Gasteiger partial charge on any atom is 0.0463 e. The van der Waals surface area contributed by atoms with E-state index < -0.39 is 0 Å². The molecule has 2 rings (SSSR count). The average Bonchev–Trinajstić information content (AvgIpc) is 2.76. The second kappa shape index (κ2) is 5.48. The number of benzene rings is 1. The number of fused-ring (bicyclic) bond motifs is 1. The minimum absolute atomic E-state index is 0.248. The molecule has 0 fully saturated rings. The highest BCUT2D eigenvalue weighted by molar-refractivity contribution is 5.36. The molecule has 0 bridgehead atoms. The lowest BCUT2D eigenvalue weighted by molar-refractivity contribution is 0.515. The topological polar surface area (TPSA) is 38.0 Å². The Morgan fingerprint density at radius 1 is 1.41 bits per heavy atom. The Labute approximate surface area is 104 Å². The van der Waals surface area contributed by atoms with E-state index in [1.165, 1.54) is 41.5 Å². The van der Waals surface area contributed by atoms with Crippen molar-refractivity contribution in [3.05, 3.63) is 47.0 Å². The number of nitrogens with one attached hydrogen (secondary N) is 1. The molecule has 1 aliphatic carbocycles. The first-order chi connectivity index (χ1) is 8.20. The Bertz CT molecular complexity index is 409. The fourth-order valence-electron chi connectivity index (χ4n) is 2.55. The molecule has 0 saturated carbocycles. The lowest BCUT2D eigenvalue weighted by Gasteiger charge is -2.17. The van der Waals surface area contributed by atoms with Crippen LogP contribution in [-0.4, -0.2) is 0 Å². The van der Waals surface area contributed by atoms with Crippen LogP contribution in [0.2, 0.25) is 0 Å². The molecule has 2 heteroatoms. The van der Waals surface area contributed by atoms with Gasteiger partial charge in [-0.3, -0.25) is 11.3 Å². The van der Waals surface area contributed by atoms with E-state index >= 15 is 0 Å². The molecular weight excluding hydrogens is 208 g/mol. The Morgan fingerprint density at radius 3 is 2.88 bits per heavy atom. The van der Waals surface area contributed by atoms with Crippen LogP contribution in [0.3, 0.4) is 0 Å². The first kappa shape index (κ1) is 12.3. The molecular formula is C15H22N2. The fourth-order valence-corrected chi connectivity index (χ4v) is 2.55. The monoisotopic (exact) mass is 230 g/mol. The van der Waals surface area contributed by atoms with Gasteiger partial charge in [0.15, 0.2) is 0 Å². The van der Waals surface area contributed by atoms with Crippen LogP contribution in [-0.2, 0) is 12.8 Å². The highest BCUT2D eigenvalue weighted by Crippen LogP contribution is 2.27. The third kappa shape index (κ3) is 2.96. The quantitative estimate of drug-likeness (QED) is 0.463. The second-order valence-corrected chi connectivity index (χ2v) is 5.10. The molecule has 1 atom stereocenters. The SMILES string of the molecule is C=C(C)CCC(NN)c1ccc2c(c1)CCC2. The van der Waals surface area contributed by atoms with Crippen molar-refractivity contribution in [3.8, 4) is 0 Å². The maximum absolute atomic E-state index is 5.66. The summed E-state index contributed by atoms with van der Waals surface area (Å²) in [4.78, 5) is 0. The highest BCUT2D eigenvalue weighted by Gasteiger charge is 2.15. The smallest absolute Gasteiger partial charge is 0.0463 e. The van der Waals surface area contributed by atoms with Crippen LogP contribution >= 0.6 is 0 Å². The van der Waals surface area contributed by atoms with Crippen molar-refractivity contribution in [1.82, 2.24) is 5.43 Å². The number of hydrogen-bond acceptors (Lipinski definition) is 2. The van der Waals surface area contributed by atoms with E-state index in [1.807, 2.05) is 0 Å². The number of hydrogen-bond donors (Lipinski definition) is 2. The van der Waals surface area contributed by atoms with Crippen LogP contribution in [0.5, 0.6) is 0 Å². The van der Waals surface area contributed by atoms with Crippen molar-refractivity contribution >= 4 is 0 Å². The van der Waals surface area contributed by atoms with Gasteiger partial charge in [0, 0.05) is 6.04 Å². The molecule has 0 saturated heterocycles. The lowest BCUT2D eigenvalue weighted by atomic mass is 9.97. The summed E-state index contributed by atoms with van der Waals surface area (Å²) >= 11 is 0. The van der Waals surface area contributed by atoms with E-state index in [4.69, 9.17) is 5.84 Å². The van der Waals surface area contributed by atoms with Gasteiger partial charge in [0.05, 0.1) is 0 Å². The number of nitrogens with two attached hydrogens (primary N) is 1. The molecule has 0 heterocycles. The van der Waals surface area contributed by atoms with Crippen molar-refractivity contribution in [2.24, 2.45) is 5.84 Å². The third-order valence-corrected chi connectivity index (χ3v) is 3.59. The molecule has 2 nitrogen and oxygen atoms in total. The van der Waals surface area contributed by atoms with Crippen molar-refractivity contribution in [2.45, 2.75) is 45.1 Å². The van der Waals surface area contributed by atoms with E-state index in [2.05, 4.69) is 37.1 Å². The molecule has 0 amide bonds. The summed E-state index contributed by atoms with van der Waals surface area (Å²) in [6, 6.07) is 7.05. The van der Waals surface area contributed by atoms with Crippen LogP contribution < -0.4 is 11.3 Å². The maximum atomic E-state index is 5.66. The van der Waals surface area contributed by atoms with Crippen molar-refractivity contribution in [1.29, 1.82) is 0 Å². The molecule has 17 heavy (non-hydrogen) atoms. The molecule has 0 spiro atoms. The summed E-state index contributed by atoms with van der Waals surface area (Å²) in [6.45, 7) is 6.01. The summed E-state index contributed by atoms with van der Waals surface area (Å²) < 4.78 is 0. The Kier molecular flexibility index (Phi) is 3.97. The van der Waals surface area contributed by atoms with Crippen LogP contribution in [0.1, 0.15) is 48.9 Å². The van der Waals surface area contributed by atoms with E-state index in [-0.39, 0.29) is 6.04 Å². The first-order valence-corrected chi connectivity index (χ1v) is 6.43. The molecule has 1 aliphatic rings. The van der Waals surface area contributed by atoms with Gasteiger partial charge in [-0.15, -0.1) is 6.58 Å². The number of aryl methyl sites for hydroxylation is 2. The Hall–Kier alpha value is -1.12. The van der Waals surface area contributed by atoms with Gasteiger partial charge in [-0.2, -0.15) is 0 Å². The zero-order chi connectivity index (χ0) is 12.3. The molecule has 0 radical (unpaired) electrons. The van der Waals surface area contributed by atoms with Gasteiger partial charge in [-0.1, -0.05) is 23.8 Å². The largest absolute Gasteiger partial charge is 0.271 e. The molecule has 1 aromatic carbocycles. The van der Waals surface area contributed by atoms with Gasteiger partial charge in [-0.25, -0.2) is 0 Å². The fraction of sp³-hybridized carbons (Fsp3) is 0.467. The Balaban J connectivity index is 2.11. The predicted octanol–water partition coefficient (Wildman–Crippen LogP) is 3.04. The summed E-state index contributed by atoms with van der Waals surface area (Å²) in [5.41, 5.74) is 8.48. The van der Waals surface area contributed by atoms with Crippen LogP contribution in [0.15, 0.2) is 30.4 Å². The zero-order valence-corrected chi connectivity index (χ0v) is 10.6. The lowest BCUT2D eigenvalue weighted by Crippen LogP contribution is -2.28. The summed E-state index contributed by atoms with van der Waals surface area (Å²) in [7, 11) is 0. The highest BCUT2D eigenvalue weighted by atomic mass is 15.2. The molecule has 0 aromatic heterocycles. The van der Waals surface area contributed by atoms with Gasteiger partial charge < -0.3 is 0 Å². The van der Waals surface area contributed by atoms with Gasteiger partial charge in [0.2, 0.25) is 0 Å². The van der Waals surface area contributed by atoms with E-state index in [1.54, 1.807) is 0 Å². The van der Waals surface area contributed by atoms with Crippen molar-refractivity contribution in [3.63, 3.8) is 0 Å². The molecule has 92 valence electrons. The average molecular weight is 230 g/mol. The van der Waals surface area contributed by atoms with Crippen LogP contribution in [0, 0.1) is 0 Å². The molecule has 1 aromatic rings. The summed E-state index contributed by atoms with van der Waals surface area (Å²) in [6.07, 6.45) is 5.80. The molecule has 3 N–H and O–H groups in total.